The minimum atomic E-state index is -0.855. The number of anilines is 1. The lowest BCUT2D eigenvalue weighted by atomic mass is 10.2. The highest BCUT2D eigenvalue weighted by Gasteiger charge is 2.21. The maximum Gasteiger partial charge on any atom is 0.286 e. The lowest BCUT2D eigenvalue weighted by Gasteiger charge is -2.04. The monoisotopic (exact) mass is 326 g/mol. The Morgan fingerprint density at radius 2 is 1.92 bits per heavy atom. The van der Waals surface area contributed by atoms with E-state index in [0.717, 1.165) is 0 Å². The molecule has 9 nitrogen and oxygen atoms in total. The van der Waals surface area contributed by atoms with Gasteiger partial charge in [0.1, 0.15) is 5.69 Å². The first kappa shape index (κ1) is 15.2. The Labute approximate surface area is 134 Å². The molecule has 0 atom stereocenters. The predicted octanol–water partition coefficient (Wildman–Crippen LogP) is 2.09. The SMILES string of the molecule is NC(=O)c1oc2ncccc2c1NC(=O)c1ccc([N+](=O)[O-])cc1. The second kappa shape index (κ2) is 5.80. The molecule has 0 fully saturated rings. The maximum absolute atomic E-state index is 12.3. The summed E-state index contributed by atoms with van der Waals surface area (Å²) in [5.74, 6) is -1.65. The highest BCUT2D eigenvalue weighted by Crippen LogP contribution is 2.29. The summed E-state index contributed by atoms with van der Waals surface area (Å²) in [7, 11) is 0. The molecule has 3 rings (SSSR count). The number of carbonyl (C=O) groups is 2. The number of hydrogen-bond acceptors (Lipinski definition) is 6. The highest BCUT2D eigenvalue weighted by molar-refractivity contribution is 6.13. The van der Waals surface area contributed by atoms with Gasteiger partial charge in [0.05, 0.1) is 10.3 Å². The summed E-state index contributed by atoms with van der Waals surface area (Å²) in [5, 5.41) is 13.6. The summed E-state index contributed by atoms with van der Waals surface area (Å²) >= 11 is 0. The highest BCUT2D eigenvalue weighted by atomic mass is 16.6. The largest absolute Gasteiger partial charge is 0.430 e. The van der Waals surface area contributed by atoms with E-state index in [-0.39, 0.29) is 28.4 Å². The molecular weight excluding hydrogens is 316 g/mol. The van der Waals surface area contributed by atoms with E-state index in [4.69, 9.17) is 10.2 Å². The van der Waals surface area contributed by atoms with Crippen molar-refractivity contribution in [1.29, 1.82) is 0 Å². The van der Waals surface area contributed by atoms with E-state index in [9.17, 15) is 19.7 Å². The molecule has 0 saturated carbocycles. The minimum Gasteiger partial charge on any atom is -0.430 e. The standard InChI is InChI=1S/C15H10N4O5/c16-13(20)12-11(10-2-1-7-17-15(10)24-12)18-14(21)8-3-5-9(6-4-8)19(22)23/h1-7H,(H2,16,20)(H,18,21). The number of nitro benzene ring substituents is 1. The van der Waals surface area contributed by atoms with Gasteiger partial charge >= 0.3 is 0 Å². The number of rotatable bonds is 4. The number of benzene rings is 1. The summed E-state index contributed by atoms with van der Waals surface area (Å²) in [4.78, 5) is 37.8. The Morgan fingerprint density at radius 3 is 2.54 bits per heavy atom. The Morgan fingerprint density at radius 1 is 1.21 bits per heavy atom. The molecule has 2 amide bonds. The summed E-state index contributed by atoms with van der Waals surface area (Å²) in [6, 6.07) is 8.25. The van der Waals surface area contributed by atoms with Crippen LogP contribution in [0.25, 0.3) is 11.1 Å². The molecule has 0 radical (unpaired) electrons. The molecule has 1 aromatic carbocycles. The van der Waals surface area contributed by atoms with Crippen LogP contribution < -0.4 is 11.1 Å². The van der Waals surface area contributed by atoms with Crippen molar-refractivity contribution in [2.75, 3.05) is 5.32 Å². The van der Waals surface area contributed by atoms with Crippen LogP contribution >= 0.6 is 0 Å². The summed E-state index contributed by atoms with van der Waals surface area (Å²) in [5.41, 5.74) is 5.56. The van der Waals surface area contributed by atoms with Crippen LogP contribution in [0.15, 0.2) is 47.0 Å². The molecule has 0 aliphatic heterocycles. The number of nitrogens with zero attached hydrogens (tertiary/aromatic N) is 2. The zero-order valence-electron chi connectivity index (χ0n) is 12.1. The van der Waals surface area contributed by atoms with Gasteiger partial charge in [0.15, 0.2) is 0 Å². The smallest absolute Gasteiger partial charge is 0.286 e. The van der Waals surface area contributed by atoms with Crippen molar-refractivity contribution in [2.24, 2.45) is 5.73 Å². The molecule has 0 saturated heterocycles. The van der Waals surface area contributed by atoms with Crippen molar-refractivity contribution in [2.45, 2.75) is 0 Å². The Kier molecular flexibility index (Phi) is 3.66. The molecule has 3 aromatic rings. The number of non-ortho nitro benzene ring substituents is 1. The van der Waals surface area contributed by atoms with Crippen molar-refractivity contribution in [3.05, 3.63) is 64.0 Å². The molecular formula is C15H10N4O5. The third-order valence-electron chi connectivity index (χ3n) is 3.27. The Bertz CT molecular complexity index is 962. The van der Waals surface area contributed by atoms with E-state index in [1.165, 1.54) is 30.5 Å². The van der Waals surface area contributed by atoms with E-state index in [2.05, 4.69) is 10.3 Å². The normalized spacial score (nSPS) is 10.5. The average molecular weight is 326 g/mol. The number of nitro groups is 1. The number of pyridine rings is 1. The number of fused-ring (bicyclic) bond motifs is 1. The molecule has 120 valence electrons. The van der Waals surface area contributed by atoms with Gasteiger partial charge in [-0.3, -0.25) is 19.7 Å². The van der Waals surface area contributed by atoms with Gasteiger partial charge in [0, 0.05) is 23.9 Å². The number of furan rings is 1. The second-order valence-electron chi connectivity index (χ2n) is 4.78. The molecule has 0 aliphatic carbocycles. The van der Waals surface area contributed by atoms with E-state index in [0.29, 0.717) is 5.39 Å². The van der Waals surface area contributed by atoms with Crippen molar-refractivity contribution < 1.29 is 18.9 Å². The lowest BCUT2D eigenvalue weighted by molar-refractivity contribution is -0.384. The molecule has 0 unspecified atom stereocenters. The number of amides is 2. The summed E-state index contributed by atoms with van der Waals surface area (Å²) in [6.45, 7) is 0. The predicted molar refractivity (Wildman–Crippen MR) is 83.6 cm³/mol. The molecule has 3 N–H and O–H groups in total. The Balaban J connectivity index is 1.97. The first-order valence-electron chi connectivity index (χ1n) is 6.70. The quantitative estimate of drug-likeness (QED) is 0.555. The van der Waals surface area contributed by atoms with Crippen LogP contribution in [-0.4, -0.2) is 21.7 Å². The van der Waals surface area contributed by atoms with Crippen LogP contribution in [0.2, 0.25) is 0 Å². The number of hydrogen-bond donors (Lipinski definition) is 2. The van der Waals surface area contributed by atoms with E-state index in [1.807, 2.05) is 0 Å². The minimum absolute atomic E-state index is 0.106. The molecule has 2 heterocycles. The summed E-state index contributed by atoms with van der Waals surface area (Å²) in [6.07, 6.45) is 1.47. The zero-order chi connectivity index (χ0) is 17.3. The number of aromatic nitrogens is 1. The van der Waals surface area contributed by atoms with Gasteiger partial charge in [-0.25, -0.2) is 4.98 Å². The summed E-state index contributed by atoms with van der Waals surface area (Å²) < 4.78 is 5.26. The van der Waals surface area contributed by atoms with E-state index >= 15 is 0 Å². The zero-order valence-corrected chi connectivity index (χ0v) is 12.1. The van der Waals surface area contributed by atoms with Gasteiger partial charge in [-0.05, 0) is 24.3 Å². The number of nitrogens with two attached hydrogens (primary N) is 1. The van der Waals surface area contributed by atoms with Crippen molar-refractivity contribution in [3.63, 3.8) is 0 Å². The van der Waals surface area contributed by atoms with Gasteiger partial charge in [-0.15, -0.1) is 0 Å². The molecule has 0 spiro atoms. The van der Waals surface area contributed by atoms with Crippen molar-refractivity contribution >= 4 is 34.3 Å². The second-order valence-corrected chi connectivity index (χ2v) is 4.78. The molecule has 24 heavy (non-hydrogen) atoms. The molecule has 2 aromatic heterocycles. The van der Waals surface area contributed by atoms with Crippen LogP contribution in [0.1, 0.15) is 20.9 Å². The van der Waals surface area contributed by atoms with Crippen LogP contribution in [0.3, 0.4) is 0 Å². The van der Waals surface area contributed by atoms with Gasteiger partial charge < -0.3 is 15.5 Å². The fourth-order valence-corrected chi connectivity index (χ4v) is 2.15. The number of primary amides is 1. The van der Waals surface area contributed by atoms with Gasteiger partial charge in [-0.1, -0.05) is 0 Å². The fourth-order valence-electron chi connectivity index (χ4n) is 2.15. The Hall–Kier alpha value is -3.75. The number of carbonyl (C=O) groups excluding carboxylic acids is 2. The lowest BCUT2D eigenvalue weighted by Crippen LogP contribution is -2.17. The van der Waals surface area contributed by atoms with E-state index in [1.54, 1.807) is 12.1 Å². The third-order valence-corrected chi connectivity index (χ3v) is 3.27. The first-order valence-corrected chi connectivity index (χ1v) is 6.70. The fraction of sp³-hybridized carbons (Fsp3) is 0. The van der Waals surface area contributed by atoms with E-state index < -0.39 is 16.7 Å². The molecule has 9 heteroatoms. The maximum atomic E-state index is 12.3. The van der Waals surface area contributed by atoms with Crippen LogP contribution in [-0.2, 0) is 0 Å². The van der Waals surface area contributed by atoms with Gasteiger partial charge in [0.25, 0.3) is 17.5 Å². The van der Waals surface area contributed by atoms with Gasteiger partial charge in [-0.2, -0.15) is 0 Å². The third kappa shape index (κ3) is 2.65. The van der Waals surface area contributed by atoms with Crippen LogP contribution in [0.4, 0.5) is 11.4 Å². The average Bonchev–Trinajstić information content (AvgIpc) is 2.94. The van der Waals surface area contributed by atoms with Gasteiger partial charge in [0.2, 0.25) is 11.5 Å². The topological polar surface area (TPSA) is 141 Å². The van der Waals surface area contributed by atoms with Crippen molar-refractivity contribution in [3.8, 4) is 0 Å². The van der Waals surface area contributed by atoms with Crippen molar-refractivity contribution in [1.82, 2.24) is 4.98 Å². The van der Waals surface area contributed by atoms with Crippen LogP contribution in [0, 0.1) is 10.1 Å². The molecule has 0 bridgehead atoms. The van der Waals surface area contributed by atoms with Crippen LogP contribution in [0.5, 0.6) is 0 Å². The number of nitrogens with one attached hydrogen (secondary N) is 1. The molecule has 0 aliphatic rings. The first-order chi connectivity index (χ1) is 11.5.